The van der Waals surface area contributed by atoms with Crippen molar-refractivity contribution >= 4 is 28.4 Å². The number of piperidine rings is 1. The van der Waals surface area contributed by atoms with Gasteiger partial charge in [-0.3, -0.25) is 34.2 Å². The Morgan fingerprint density at radius 2 is 1.60 bits per heavy atom. The Morgan fingerprint density at radius 3 is 2.34 bits per heavy atom. The minimum Gasteiger partial charge on any atom is -0.369 e. The van der Waals surface area contributed by atoms with Gasteiger partial charge in [0.2, 0.25) is 0 Å². The number of carbonyl (C=O) groups excluding carboxylic acids is 2. The van der Waals surface area contributed by atoms with Crippen LogP contribution in [0.2, 0.25) is 0 Å². The highest BCUT2D eigenvalue weighted by atomic mass is 16.2. The molecule has 7 rings (SSSR count). The molecule has 3 aromatic heterocycles. The molecule has 1 fully saturated rings. The zero-order chi connectivity index (χ0) is 32.5. The third kappa shape index (κ3) is 6.18. The molecule has 0 unspecified atom stereocenters. The number of amides is 2. The molecule has 5 heterocycles. The van der Waals surface area contributed by atoms with Gasteiger partial charge in [-0.25, -0.2) is 0 Å². The summed E-state index contributed by atoms with van der Waals surface area (Å²) in [6.07, 6.45) is 7.77. The standard InChI is InChI=1S/C38H38N6O3/c1-26-13-14-30(21-40-26)41-17-7-8-31(25-41)43(22-28-15-16-39-27(2)20-28)24-29-23-42(35-12-6-5-11-34(35)36(29)45)18-19-44-37(46)32-9-3-4-10-33(32)38(44)47/h3-6,9-16,20-21,23,31H,7-8,17-19,22,24-25H2,1-2H3/t31-/m0/s1. The van der Waals surface area contributed by atoms with E-state index in [1.54, 1.807) is 24.3 Å². The number of para-hydroxylation sites is 1. The van der Waals surface area contributed by atoms with Gasteiger partial charge in [0.25, 0.3) is 11.8 Å². The lowest BCUT2D eigenvalue weighted by atomic mass is 10.0. The largest absolute Gasteiger partial charge is 0.369 e. The average Bonchev–Trinajstić information content (AvgIpc) is 3.34. The smallest absolute Gasteiger partial charge is 0.261 e. The van der Waals surface area contributed by atoms with Crippen molar-refractivity contribution in [1.29, 1.82) is 0 Å². The summed E-state index contributed by atoms with van der Waals surface area (Å²) in [4.78, 5) is 55.3. The van der Waals surface area contributed by atoms with Gasteiger partial charge in [-0.15, -0.1) is 0 Å². The number of hydrogen-bond donors (Lipinski definition) is 0. The summed E-state index contributed by atoms with van der Waals surface area (Å²) < 4.78 is 2.02. The minimum atomic E-state index is -0.277. The molecule has 0 spiro atoms. The number of carbonyl (C=O) groups is 2. The van der Waals surface area contributed by atoms with Crippen LogP contribution in [0.4, 0.5) is 5.69 Å². The van der Waals surface area contributed by atoms with Crippen molar-refractivity contribution in [3.63, 3.8) is 0 Å². The molecular weight excluding hydrogens is 588 g/mol. The second-order valence-corrected chi connectivity index (χ2v) is 12.6. The van der Waals surface area contributed by atoms with Gasteiger partial charge in [0.05, 0.1) is 28.5 Å². The normalized spacial score (nSPS) is 16.4. The number of aryl methyl sites for hydroxylation is 2. The van der Waals surface area contributed by atoms with Crippen molar-refractivity contribution in [1.82, 2.24) is 24.3 Å². The van der Waals surface area contributed by atoms with Crippen LogP contribution in [-0.4, -0.2) is 61.8 Å². The molecule has 47 heavy (non-hydrogen) atoms. The lowest BCUT2D eigenvalue weighted by Gasteiger charge is -2.40. The second kappa shape index (κ2) is 12.9. The Bertz CT molecular complexity index is 1990. The number of hydrogen-bond acceptors (Lipinski definition) is 7. The van der Waals surface area contributed by atoms with Crippen molar-refractivity contribution in [2.45, 2.75) is 52.4 Å². The van der Waals surface area contributed by atoms with Crippen LogP contribution in [0.3, 0.4) is 0 Å². The molecule has 9 heteroatoms. The van der Waals surface area contributed by atoms with Crippen LogP contribution >= 0.6 is 0 Å². The van der Waals surface area contributed by atoms with Gasteiger partial charge >= 0.3 is 0 Å². The fourth-order valence-electron chi connectivity index (χ4n) is 6.96. The maximum atomic E-state index is 14.0. The van der Waals surface area contributed by atoms with Crippen molar-refractivity contribution in [2.24, 2.45) is 0 Å². The molecule has 0 aliphatic carbocycles. The fourth-order valence-corrected chi connectivity index (χ4v) is 6.96. The van der Waals surface area contributed by atoms with Gasteiger partial charge in [0, 0.05) is 80.0 Å². The van der Waals surface area contributed by atoms with Crippen LogP contribution in [0.1, 0.15) is 56.1 Å². The van der Waals surface area contributed by atoms with Crippen molar-refractivity contribution < 1.29 is 9.59 Å². The molecule has 2 aliphatic rings. The third-order valence-electron chi connectivity index (χ3n) is 9.40. The zero-order valence-electron chi connectivity index (χ0n) is 26.8. The monoisotopic (exact) mass is 626 g/mol. The number of anilines is 1. The predicted octanol–water partition coefficient (Wildman–Crippen LogP) is 5.38. The minimum absolute atomic E-state index is 0.00360. The molecule has 2 aromatic carbocycles. The lowest BCUT2D eigenvalue weighted by molar-refractivity contribution is 0.0649. The van der Waals surface area contributed by atoms with Crippen molar-refractivity contribution in [2.75, 3.05) is 24.5 Å². The molecule has 1 saturated heterocycles. The summed E-state index contributed by atoms with van der Waals surface area (Å²) in [6.45, 7) is 7.51. The maximum absolute atomic E-state index is 14.0. The number of fused-ring (bicyclic) bond motifs is 2. The Kier molecular flexibility index (Phi) is 8.39. The van der Waals surface area contributed by atoms with E-state index in [1.807, 2.05) is 67.3 Å². The quantitative estimate of drug-likeness (QED) is 0.203. The Labute approximate surface area is 274 Å². The van der Waals surface area contributed by atoms with Crippen LogP contribution in [0, 0.1) is 13.8 Å². The second-order valence-electron chi connectivity index (χ2n) is 12.6. The van der Waals surface area contributed by atoms with Gasteiger partial charge in [-0.1, -0.05) is 24.3 Å². The molecule has 2 amide bonds. The SMILES string of the molecule is Cc1ccc(N2CCC[C@H](N(Cc3ccnc(C)c3)Cc3cn(CCN4C(=O)c5ccccc5C4=O)c4ccccc4c3=O)C2)cn1. The van der Waals surface area contributed by atoms with Crippen LogP contribution < -0.4 is 10.3 Å². The Balaban J connectivity index is 1.20. The molecule has 238 valence electrons. The van der Waals surface area contributed by atoms with Crippen molar-refractivity contribution in [3.05, 3.63) is 135 Å². The highest BCUT2D eigenvalue weighted by Gasteiger charge is 2.35. The molecule has 9 nitrogen and oxygen atoms in total. The number of aromatic nitrogens is 3. The first kappa shape index (κ1) is 30.5. The molecule has 0 saturated carbocycles. The van der Waals surface area contributed by atoms with E-state index in [-0.39, 0.29) is 29.8 Å². The molecule has 5 aromatic rings. The number of imide groups is 1. The Morgan fingerprint density at radius 1 is 0.830 bits per heavy atom. The number of nitrogens with zero attached hydrogens (tertiary/aromatic N) is 6. The summed E-state index contributed by atoms with van der Waals surface area (Å²) >= 11 is 0. The predicted molar refractivity (Wildman–Crippen MR) is 182 cm³/mol. The molecule has 2 aliphatic heterocycles. The van der Waals surface area contributed by atoms with Crippen LogP contribution in [0.5, 0.6) is 0 Å². The van der Waals surface area contributed by atoms with Gasteiger partial charge in [-0.05, 0) is 80.8 Å². The zero-order valence-corrected chi connectivity index (χ0v) is 26.8. The van der Waals surface area contributed by atoms with E-state index in [0.717, 1.165) is 54.1 Å². The molecular formula is C38H38N6O3. The van der Waals surface area contributed by atoms with Crippen LogP contribution in [-0.2, 0) is 19.6 Å². The molecule has 1 atom stereocenters. The Hall–Kier alpha value is -5.15. The summed E-state index contributed by atoms with van der Waals surface area (Å²) in [5, 5.41) is 0.628. The maximum Gasteiger partial charge on any atom is 0.261 e. The van der Waals surface area contributed by atoms with Gasteiger partial charge < -0.3 is 9.47 Å². The molecule has 0 bridgehead atoms. The molecule has 0 N–H and O–H groups in total. The summed E-state index contributed by atoms with van der Waals surface area (Å²) in [5.74, 6) is -0.554. The lowest BCUT2D eigenvalue weighted by Crippen LogP contribution is -2.48. The van der Waals surface area contributed by atoms with E-state index < -0.39 is 0 Å². The third-order valence-corrected chi connectivity index (χ3v) is 9.40. The summed E-state index contributed by atoms with van der Waals surface area (Å²) in [6, 6.07) is 23.1. The summed E-state index contributed by atoms with van der Waals surface area (Å²) in [5.41, 5.74) is 6.56. The fraction of sp³-hybridized carbons (Fsp3) is 0.289. The van der Waals surface area contributed by atoms with E-state index in [1.165, 1.54) is 4.90 Å². The van der Waals surface area contributed by atoms with Gasteiger partial charge in [-0.2, -0.15) is 0 Å². The van der Waals surface area contributed by atoms with E-state index in [2.05, 4.69) is 38.0 Å². The average molecular weight is 627 g/mol. The number of rotatable bonds is 9. The van der Waals surface area contributed by atoms with E-state index >= 15 is 0 Å². The highest BCUT2D eigenvalue weighted by Crippen LogP contribution is 2.26. The first-order valence-corrected chi connectivity index (χ1v) is 16.2. The van der Waals surface area contributed by atoms with Gasteiger partial charge in [0.15, 0.2) is 5.43 Å². The van der Waals surface area contributed by atoms with E-state index in [9.17, 15) is 14.4 Å². The summed E-state index contributed by atoms with van der Waals surface area (Å²) in [7, 11) is 0. The van der Waals surface area contributed by atoms with Crippen LogP contribution in [0.25, 0.3) is 10.9 Å². The van der Waals surface area contributed by atoms with Crippen molar-refractivity contribution in [3.8, 4) is 0 Å². The number of pyridine rings is 3. The topological polar surface area (TPSA) is 91.6 Å². The van der Waals surface area contributed by atoms with Gasteiger partial charge in [0.1, 0.15) is 0 Å². The van der Waals surface area contributed by atoms with E-state index in [4.69, 9.17) is 0 Å². The highest BCUT2D eigenvalue weighted by molar-refractivity contribution is 6.21. The van der Waals surface area contributed by atoms with E-state index in [0.29, 0.717) is 41.7 Å². The molecule has 0 radical (unpaired) electrons. The number of benzene rings is 2. The van der Waals surface area contributed by atoms with Crippen LogP contribution in [0.15, 0.2) is 96.2 Å². The first-order chi connectivity index (χ1) is 22.9. The first-order valence-electron chi connectivity index (χ1n) is 16.2.